The minimum atomic E-state index is -0.493. The lowest BCUT2D eigenvalue weighted by atomic mass is 9.96. The van der Waals surface area contributed by atoms with Gasteiger partial charge >= 0.3 is 11.9 Å². The van der Waals surface area contributed by atoms with Crippen LogP contribution < -0.4 is 0 Å². The van der Waals surface area contributed by atoms with Gasteiger partial charge in [0, 0.05) is 0 Å². The SMILES string of the molecule is CCCCCOC(=O)CC(=O)OC(C(C)C)C(C)C. The highest BCUT2D eigenvalue weighted by molar-refractivity contribution is 5.91. The number of hydrogen-bond donors (Lipinski definition) is 0. The minimum Gasteiger partial charge on any atom is -0.465 e. The summed E-state index contributed by atoms with van der Waals surface area (Å²) in [6.07, 6.45) is 2.50. The van der Waals surface area contributed by atoms with Crippen LogP contribution in [-0.2, 0) is 19.1 Å². The summed E-state index contributed by atoms with van der Waals surface area (Å²) in [7, 11) is 0. The van der Waals surface area contributed by atoms with E-state index in [1.807, 2.05) is 27.7 Å². The Bertz CT molecular complexity index is 263. The van der Waals surface area contributed by atoms with Crippen molar-refractivity contribution >= 4 is 11.9 Å². The van der Waals surface area contributed by atoms with E-state index in [0.29, 0.717) is 6.61 Å². The first-order valence-corrected chi connectivity index (χ1v) is 7.23. The van der Waals surface area contributed by atoms with Gasteiger partial charge in [0.2, 0.25) is 0 Å². The van der Waals surface area contributed by atoms with Crippen LogP contribution in [0.2, 0.25) is 0 Å². The second-order valence-corrected chi connectivity index (χ2v) is 5.55. The molecule has 0 aliphatic carbocycles. The Balaban J connectivity index is 3.98. The van der Waals surface area contributed by atoms with E-state index < -0.39 is 11.9 Å². The molecule has 4 nitrogen and oxygen atoms in total. The normalized spacial score (nSPS) is 11.2. The number of rotatable bonds is 9. The zero-order valence-electron chi connectivity index (χ0n) is 12.9. The first kappa shape index (κ1) is 17.9. The van der Waals surface area contributed by atoms with Gasteiger partial charge in [0.05, 0.1) is 6.61 Å². The maximum absolute atomic E-state index is 11.6. The lowest BCUT2D eigenvalue weighted by Gasteiger charge is -2.24. The van der Waals surface area contributed by atoms with E-state index in [-0.39, 0.29) is 24.4 Å². The molecule has 0 aromatic carbocycles. The zero-order valence-corrected chi connectivity index (χ0v) is 12.9. The van der Waals surface area contributed by atoms with Gasteiger partial charge in [0.1, 0.15) is 12.5 Å². The van der Waals surface area contributed by atoms with Crippen LogP contribution in [0.25, 0.3) is 0 Å². The highest BCUT2D eigenvalue weighted by Gasteiger charge is 2.23. The second-order valence-electron chi connectivity index (χ2n) is 5.55. The molecule has 0 spiro atoms. The number of hydrogen-bond acceptors (Lipinski definition) is 4. The molecule has 0 N–H and O–H groups in total. The standard InChI is InChI=1S/C15H28O4/c1-6-7-8-9-18-13(16)10-14(17)19-15(11(2)3)12(4)5/h11-12,15H,6-10H2,1-5H3. The van der Waals surface area contributed by atoms with Crippen LogP contribution in [0.1, 0.15) is 60.3 Å². The predicted molar refractivity (Wildman–Crippen MR) is 74.7 cm³/mol. The van der Waals surface area contributed by atoms with Gasteiger partial charge in [-0.2, -0.15) is 0 Å². The Morgan fingerprint density at radius 2 is 1.53 bits per heavy atom. The topological polar surface area (TPSA) is 52.6 Å². The molecule has 0 unspecified atom stereocenters. The summed E-state index contributed by atoms with van der Waals surface area (Å²) in [5.74, 6) is -0.505. The van der Waals surface area contributed by atoms with Crippen LogP contribution in [0, 0.1) is 11.8 Å². The molecule has 0 aromatic heterocycles. The number of carbonyl (C=O) groups is 2. The van der Waals surface area contributed by atoms with Crippen molar-refractivity contribution in [2.24, 2.45) is 11.8 Å². The molecule has 0 saturated heterocycles. The van der Waals surface area contributed by atoms with E-state index in [4.69, 9.17) is 9.47 Å². The maximum atomic E-state index is 11.6. The van der Waals surface area contributed by atoms with Crippen LogP contribution in [-0.4, -0.2) is 24.6 Å². The third kappa shape index (κ3) is 8.62. The highest BCUT2D eigenvalue weighted by Crippen LogP contribution is 2.16. The third-order valence-corrected chi connectivity index (χ3v) is 2.88. The third-order valence-electron chi connectivity index (χ3n) is 2.88. The summed E-state index contributed by atoms with van der Waals surface area (Å²) < 4.78 is 10.3. The monoisotopic (exact) mass is 272 g/mol. The fraction of sp³-hybridized carbons (Fsp3) is 0.867. The fourth-order valence-electron chi connectivity index (χ4n) is 1.94. The predicted octanol–water partition coefficient (Wildman–Crippen LogP) is 3.33. The second kappa shape index (κ2) is 9.82. The molecule has 0 saturated carbocycles. The van der Waals surface area contributed by atoms with Gasteiger partial charge in [-0.1, -0.05) is 47.5 Å². The molecule has 0 atom stereocenters. The van der Waals surface area contributed by atoms with E-state index >= 15 is 0 Å². The van der Waals surface area contributed by atoms with Crippen LogP contribution in [0.5, 0.6) is 0 Å². The molecular weight excluding hydrogens is 244 g/mol. The molecule has 0 bridgehead atoms. The van der Waals surface area contributed by atoms with Crippen molar-refractivity contribution in [2.45, 2.75) is 66.4 Å². The molecule has 0 rings (SSSR count). The Morgan fingerprint density at radius 1 is 0.947 bits per heavy atom. The van der Waals surface area contributed by atoms with Gasteiger partial charge in [-0.3, -0.25) is 9.59 Å². The van der Waals surface area contributed by atoms with Gasteiger partial charge in [-0.05, 0) is 18.3 Å². The van der Waals surface area contributed by atoms with E-state index in [9.17, 15) is 9.59 Å². The average molecular weight is 272 g/mol. The van der Waals surface area contributed by atoms with Crippen molar-refractivity contribution in [3.05, 3.63) is 0 Å². The van der Waals surface area contributed by atoms with Gasteiger partial charge in [0.25, 0.3) is 0 Å². The molecule has 112 valence electrons. The van der Waals surface area contributed by atoms with Crippen molar-refractivity contribution in [3.63, 3.8) is 0 Å². The van der Waals surface area contributed by atoms with Crippen molar-refractivity contribution in [3.8, 4) is 0 Å². The maximum Gasteiger partial charge on any atom is 0.317 e. The molecule has 4 heteroatoms. The van der Waals surface area contributed by atoms with Crippen LogP contribution in [0.15, 0.2) is 0 Å². The van der Waals surface area contributed by atoms with Crippen LogP contribution in [0.4, 0.5) is 0 Å². The summed E-state index contributed by atoms with van der Waals surface area (Å²) >= 11 is 0. The molecule has 0 aliphatic heterocycles. The van der Waals surface area contributed by atoms with Crippen LogP contribution >= 0.6 is 0 Å². The molecule has 0 amide bonds. The number of esters is 2. The Labute approximate surface area is 116 Å². The molecule has 0 fully saturated rings. The molecule has 0 aromatic rings. The molecule has 0 heterocycles. The number of carbonyl (C=O) groups excluding carboxylic acids is 2. The van der Waals surface area contributed by atoms with E-state index in [0.717, 1.165) is 19.3 Å². The number of unbranched alkanes of at least 4 members (excludes halogenated alkanes) is 2. The summed E-state index contributed by atoms with van der Waals surface area (Å²) in [5.41, 5.74) is 0. The molecular formula is C15H28O4. The minimum absolute atomic E-state index is 0.152. The van der Waals surface area contributed by atoms with E-state index in [1.165, 1.54) is 0 Å². The zero-order chi connectivity index (χ0) is 14.8. The molecule has 0 aliphatic rings. The average Bonchev–Trinajstić information content (AvgIpc) is 2.31. The van der Waals surface area contributed by atoms with Crippen molar-refractivity contribution in [1.82, 2.24) is 0 Å². The van der Waals surface area contributed by atoms with Crippen molar-refractivity contribution in [2.75, 3.05) is 6.61 Å². The highest BCUT2D eigenvalue weighted by atomic mass is 16.6. The van der Waals surface area contributed by atoms with Crippen molar-refractivity contribution in [1.29, 1.82) is 0 Å². The van der Waals surface area contributed by atoms with Gasteiger partial charge < -0.3 is 9.47 Å². The smallest absolute Gasteiger partial charge is 0.317 e. The van der Waals surface area contributed by atoms with E-state index in [2.05, 4.69) is 6.92 Å². The van der Waals surface area contributed by atoms with Gasteiger partial charge in [-0.15, -0.1) is 0 Å². The Hall–Kier alpha value is -1.06. The first-order chi connectivity index (χ1) is 8.88. The summed E-state index contributed by atoms with van der Waals surface area (Å²) in [4.78, 5) is 23.1. The quantitative estimate of drug-likeness (QED) is 0.367. The lowest BCUT2D eigenvalue weighted by Crippen LogP contribution is -2.29. The molecule has 19 heavy (non-hydrogen) atoms. The van der Waals surface area contributed by atoms with Crippen LogP contribution in [0.3, 0.4) is 0 Å². The van der Waals surface area contributed by atoms with Gasteiger partial charge in [-0.25, -0.2) is 0 Å². The molecule has 0 radical (unpaired) electrons. The van der Waals surface area contributed by atoms with Gasteiger partial charge in [0.15, 0.2) is 0 Å². The van der Waals surface area contributed by atoms with Crippen molar-refractivity contribution < 1.29 is 19.1 Å². The largest absolute Gasteiger partial charge is 0.465 e. The summed E-state index contributed by atoms with van der Waals surface area (Å²) in [6.45, 7) is 10.5. The number of ether oxygens (including phenoxy) is 2. The summed E-state index contributed by atoms with van der Waals surface area (Å²) in [6, 6.07) is 0. The van der Waals surface area contributed by atoms with E-state index in [1.54, 1.807) is 0 Å². The first-order valence-electron chi connectivity index (χ1n) is 7.23. The Kier molecular flexibility index (Phi) is 9.27. The fourth-order valence-corrected chi connectivity index (χ4v) is 1.94. The summed E-state index contributed by atoms with van der Waals surface area (Å²) in [5, 5.41) is 0. The lowest BCUT2D eigenvalue weighted by molar-refractivity contribution is -0.161. The Morgan fingerprint density at radius 3 is 2.00 bits per heavy atom.